The van der Waals surface area contributed by atoms with Crippen molar-refractivity contribution in [3.8, 4) is 0 Å². The number of hydrogen-bond acceptors (Lipinski definition) is 4. The van der Waals surface area contributed by atoms with E-state index in [1.807, 2.05) is 6.92 Å². The second-order valence-corrected chi connectivity index (χ2v) is 6.92. The average Bonchev–Trinajstić information content (AvgIpc) is 2.69. The van der Waals surface area contributed by atoms with Crippen molar-refractivity contribution in [3.05, 3.63) is 24.3 Å². The number of carbonyl (C=O) groups is 1. The lowest BCUT2D eigenvalue weighted by Crippen LogP contribution is -2.33. The van der Waals surface area contributed by atoms with E-state index in [2.05, 4.69) is 5.43 Å². The van der Waals surface area contributed by atoms with Crippen LogP contribution in [0.4, 0.5) is 5.69 Å². The Bertz CT molecular complexity index is 581. The minimum absolute atomic E-state index is 0.0232. The number of rotatable bonds is 3. The van der Waals surface area contributed by atoms with Crippen molar-refractivity contribution in [3.63, 3.8) is 0 Å². The number of hydrogen-bond donors (Lipinski definition) is 1. The number of nitrogens with one attached hydrogen (secondary N) is 1. The maximum atomic E-state index is 11.9. The van der Waals surface area contributed by atoms with E-state index in [0.717, 1.165) is 5.69 Å². The molecule has 1 atom stereocenters. The number of hydrazine groups is 1. The fourth-order valence-electron chi connectivity index (χ4n) is 1.82. The molecule has 1 amide bonds. The summed E-state index contributed by atoms with van der Waals surface area (Å²) in [5, 5.41) is 1.72. The average molecular weight is 283 g/mol. The highest BCUT2D eigenvalue weighted by molar-refractivity contribution is 7.89. The summed E-state index contributed by atoms with van der Waals surface area (Å²) in [7, 11) is -0.428. The third-order valence-corrected chi connectivity index (χ3v) is 4.91. The molecule has 2 rings (SSSR count). The van der Waals surface area contributed by atoms with Crippen molar-refractivity contribution in [2.45, 2.75) is 11.8 Å². The van der Waals surface area contributed by atoms with Crippen molar-refractivity contribution in [2.24, 2.45) is 5.92 Å². The van der Waals surface area contributed by atoms with Crippen LogP contribution < -0.4 is 10.4 Å². The van der Waals surface area contributed by atoms with E-state index >= 15 is 0 Å². The monoisotopic (exact) mass is 283 g/mol. The van der Waals surface area contributed by atoms with Crippen molar-refractivity contribution < 1.29 is 13.2 Å². The molecule has 1 unspecified atom stereocenters. The first-order chi connectivity index (χ1) is 8.82. The number of carbonyl (C=O) groups excluding carboxylic acids is 1. The molecule has 19 heavy (non-hydrogen) atoms. The highest BCUT2D eigenvalue weighted by Crippen LogP contribution is 2.21. The summed E-state index contributed by atoms with van der Waals surface area (Å²) in [4.78, 5) is 11.7. The van der Waals surface area contributed by atoms with E-state index < -0.39 is 10.0 Å². The van der Waals surface area contributed by atoms with Gasteiger partial charge in [0.05, 0.1) is 23.0 Å². The van der Waals surface area contributed by atoms with Gasteiger partial charge in [0.15, 0.2) is 0 Å². The molecule has 104 valence electrons. The Balaban J connectivity index is 2.23. The summed E-state index contributed by atoms with van der Waals surface area (Å²) >= 11 is 0. The highest BCUT2D eigenvalue weighted by Gasteiger charge is 2.27. The predicted molar refractivity (Wildman–Crippen MR) is 72.0 cm³/mol. The molecule has 1 aromatic rings. The molecule has 0 radical (unpaired) electrons. The standard InChI is InChI=1S/C12H17N3O3S/c1-9-8-15(13-12(9)16)10-4-6-11(7-5-10)19(17,18)14(2)3/h4-7,9H,8H2,1-3H3,(H,13,16). The van der Waals surface area contributed by atoms with Gasteiger partial charge in [0.1, 0.15) is 0 Å². The lowest BCUT2D eigenvalue weighted by Gasteiger charge is -2.18. The van der Waals surface area contributed by atoms with Crippen LogP contribution in [0.2, 0.25) is 0 Å². The van der Waals surface area contributed by atoms with E-state index in [0.29, 0.717) is 6.54 Å². The summed E-state index contributed by atoms with van der Waals surface area (Å²) in [6.45, 7) is 2.43. The van der Waals surface area contributed by atoms with Crippen molar-refractivity contribution in [2.75, 3.05) is 25.6 Å². The molecule has 0 aliphatic carbocycles. The van der Waals surface area contributed by atoms with Gasteiger partial charge in [-0.2, -0.15) is 0 Å². The van der Waals surface area contributed by atoms with Gasteiger partial charge >= 0.3 is 0 Å². The summed E-state index contributed by atoms with van der Waals surface area (Å²) in [6.07, 6.45) is 0. The van der Waals surface area contributed by atoms with Crippen LogP contribution in [0.3, 0.4) is 0 Å². The molecule has 0 bridgehead atoms. The first-order valence-corrected chi connectivity index (χ1v) is 7.37. The molecular weight excluding hydrogens is 266 g/mol. The van der Waals surface area contributed by atoms with Gasteiger partial charge < -0.3 is 0 Å². The molecule has 1 fully saturated rings. The summed E-state index contributed by atoms with van der Waals surface area (Å²) in [5.41, 5.74) is 3.51. The Morgan fingerprint density at radius 2 is 1.84 bits per heavy atom. The van der Waals surface area contributed by atoms with E-state index in [-0.39, 0.29) is 16.7 Å². The van der Waals surface area contributed by atoms with Crippen molar-refractivity contribution in [1.29, 1.82) is 0 Å². The number of anilines is 1. The summed E-state index contributed by atoms with van der Waals surface area (Å²) in [5.74, 6) is -0.0878. The third kappa shape index (κ3) is 2.57. The molecule has 1 heterocycles. The van der Waals surface area contributed by atoms with Gasteiger partial charge in [-0.25, -0.2) is 12.7 Å². The zero-order chi connectivity index (χ0) is 14.2. The zero-order valence-electron chi connectivity index (χ0n) is 11.1. The molecule has 1 saturated heterocycles. The predicted octanol–water partition coefficient (Wildman–Crippen LogP) is 0.424. The highest BCUT2D eigenvalue weighted by atomic mass is 32.2. The molecule has 1 aliphatic heterocycles. The van der Waals surface area contributed by atoms with E-state index in [9.17, 15) is 13.2 Å². The summed E-state index contributed by atoms with van der Waals surface area (Å²) in [6, 6.07) is 6.46. The Kier molecular flexibility index (Phi) is 3.51. The number of nitrogens with zero attached hydrogens (tertiary/aromatic N) is 2. The lowest BCUT2D eigenvalue weighted by molar-refractivity contribution is -0.121. The largest absolute Gasteiger partial charge is 0.285 e. The quantitative estimate of drug-likeness (QED) is 0.873. The normalized spacial score (nSPS) is 19.9. The molecule has 1 aliphatic rings. The minimum Gasteiger partial charge on any atom is -0.285 e. The topological polar surface area (TPSA) is 69.7 Å². The van der Waals surface area contributed by atoms with Gasteiger partial charge in [-0.3, -0.25) is 15.2 Å². The summed E-state index contributed by atoms with van der Waals surface area (Å²) < 4.78 is 25.0. The van der Waals surface area contributed by atoms with Crippen LogP contribution in [0, 0.1) is 5.92 Å². The van der Waals surface area contributed by atoms with Crippen LogP contribution in [0.5, 0.6) is 0 Å². The van der Waals surface area contributed by atoms with Crippen LogP contribution in [0.15, 0.2) is 29.2 Å². The number of amides is 1. The Hall–Kier alpha value is -1.60. The van der Waals surface area contributed by atoms with Crippen LogP contribution in [-0.2, 0) is 14.8 Å². The van der Waals surface area contributed by atoms with Crippen LogP contribution in [-0.4, -0.2) is 39.3 Å². The Morgan fingerprint density at radius 1 is 1.26 bits per heavy atom. The van der Waals surface area contributed by atoms with Gasteiger partial charge in [-0.05, 0) is 24.3 Å². The number of benzene rings is 1. The van der Waals surface area contributed by atoms with Crippen LogP contribution in [0.1, 0.15) is 6.92 Å². The SMILES string of the molecule is CC1CN(c2ccc(S(=O)(=O)N(C)C)cc2)NC1=O. The first kappa shape index (κ1) is 13.8. The van der Waals surface area contributed by atoms with E-state index in [1.165, 1.54) is 18.4 Å². The molecule has 7 heteroatoms. The molecule has 1 N–H and O–H groups in total. The fourth-order valence-corrected chi connectivity index (χ4v) is 2.73. The first-order valence-electron chi connectivity index (χ1n) is 5.93. The zero-order valence-corrected chi connectivity index (χ0v) is 11.9. The number of sulfonamides is 1. The molecule has 0 aromatic heterocycles. The maximum absolute atomic E-state index is 11.9. The molecule has 0 saturated carbocycles. The van der Waals surface area contributed by atoms with Gasteiger partial charge in [0, 0.05) is 14.1 Å². The Labute approximate surface area is 113 Å². The third-order valence-electron chi connectivity index (χ3n) is 3.08. The Morgan fingerprint density at radius 3 is 2.26 bits per heavy atom. The van der Waals surface area contributed by atoms with E-state index in [1.54, 1.807) is 29.3 Å². The maximum Gasteiger partial charge on any atom is 0.243 e. The van der Waals surface area contributed by atoms with Gasteiger partial charge in [-0.1, -0.05) is 6.92 Å². The fraction of sp³-hybridized carbons (Fsp3) is 0.417. The van der Waals surface area contributed by atoms with Gasteiger partial charge in [0.25, 0.3) is 0 Å². The second-order valence-electron chi connectivity index (χ2n) is 4.77. The van der Waals surface area contributed by atoms with Crippen LogP contribution in [0.25, 0.3) is 0 Å². The molecular formula is C12H17N3O3S. The minimum atomic E-state index is -3.41. The molecule has 6 nitrogen and oxygen atoms in total. The van der Waals surface area contributed by atoms with Gasteiger partial charge in [-0.15, -0.1) is 0 Å². The second kappa shape index (κ2) is 4.82. The van der Waals surface area contributed by atoms with Gasteiger partial charge in [0.2, 0.25) is 15.9 Å². The van der Waals surface area contributed by atoms with Crippen molar-refractivity contribution >= 4 is 21.6 Å². The van der Waals surface area contributed by atoms with Crippen LogP contribution >= 0.6 is 0 Å². The smallest absolute Gasteiger partial charge is 0.243 e. The lowest BCUT2D eigenvalue weighted by atomic mass is 10.2. The van der Waals surface area contributed by atoms with E-state index in [4.69, 9.17) is 0 Å². The molecule has 0 spiro atoms. The molecule has 1 aromatic carbocycles. The van der Waals surface area contributed by atoms with Crippen molar-refractivity contribution in [1.82, 2.24) is 9.73 Å².